The molecular formula is C31H38F3N9O6S3. The first-order chi connectivity index (χ1) is 24.8. The van der Waals surface area contributed by atoms with Crippen LogP contribution < -0.4 is 15.4 Å². The molecule has 0 bridgehead atoms. The van der Waals surface area contributed by atoms with Gasteiger partial charge in [0.05, 0.1) is 5.69 Å². The summed E-state index contributed by atoms with van der Waals surface area (Å²) in [4.78, 5) is 25.6. The molecule has 52 heavy (non-hydrogen) atoms. The smallest absolute Gasteiger partial charge is 0.457 e. The number of aromatic nitrogens is 4. The number of carbonyl (C=O) groups is 2. The number of nitrogens with one attached hydrogen (secondary N) is 1. The molecule has 282 valence electrons. The number of rotatable bonds is 13. The highest BCUT2D eigenvalue weighted by Crippen LogP contribution is 2.35. The highest BCUT2D eigenvalue weighted by atomic mass is 32.2. The molecule has 1 aromatic carbocycles. The zero-order valence-electron chi connectivity index (χ0n) is 28.0. The SMILES string of the molecule is C=CCN(CC=C)c1ccc(N=Nc2nnc(C(=O)OC3CCCCC3)s2)c(NS(=O)(=O)C(F)(F)F)c1.Nc1nnc(C(=O)OC2CCCCC2)s1. The van der Waals surface area contributed by atoms with Gasteiger partial charge >= 0.3 is 27.5 Å². The molecule has 2 fully saturated rings. The summed E-state index contributed by atoms with van der Waals surface area (Å²) in [7, 11) is -5.74. The number of nitrogen functional groups attached to an aromatic ring is 1. The van der Waals surface area contributed by atoms with Crippen molar-refractivity contribution in [2.75, 3.05) is 28.4 Å². The largest absolute Gasteiger partial charge is 0.516 e. The first kappa shape index (κ1) is 40.3. The van der Waals surface area contributed by atoms with Crippen LogP contribution in [0.3, 0.4) is 0 Å². The summed E-state index contributed by atoms with van der Waals surface area (Å²) in [6.07, 6.45) is 13.0. The highest BCUT2D eigenvalue weighted by molar-refractivity contribution is 7.93. The molecule has 0 saturated heterocycles. The summed E-state index contributed by atoms with van der Waals surface area (Å²) < 4.78 is 75.0. The van der Waals surface area contributed by atoms with Crippen LogP contribution in [0.1, 0.15) is 83.8 Å². The van der Waals surface area contributed by atoms with Crippen LogP contribution in [0.25, 0.3) is 0 Å². The van der Waals surface area contributed by atoms with Crippen molar-refractivity contribution in [3.63, 3.8) is 0 Å². The number of carbonyl (C=O) groups excluding carboxylic acids is 2. The van der Waals surface area contributed by atoms with Crippen LogP contribution >= 0.6 is 22.7 Å². The first-order valence-electron chi connectivity index (χ1n) is 16.3. The van der Waals surface area contributed by atoms with Crippen molar-refractivity contribution in [2.24, 2.45) is 10.2 Å². The van der Waals surface area contributed by atoms with E-state index in [4.69, 9.17) is 15.2 Å². The Hall–Kier alpha value is -4.50. The number of ether oxygens (including phenoxy) is 2. The van der Waals surface area contributed by atoms with Crippen LogP contribution in [0, 0.1) is 0 Å². The molecule has 2 aliphatic carbocycles. The van der Waals surface area contributed by atoms with Crippen molar-refractivity contribution in [3.8, 4) is 0 Å². The van der Waals surface area contributed by atoms with Crippen molar-refractivity contribution >= 4 is 72.0 Å². The molecule has 2 aliphatic rings. The van der Waals surface area contributed by atoms with Gasteiger partial charge in [-0.25, -0.2) is 9.59 Å². The highest BCUT2D eigenvalue weighted by Gasteiger charge is 2.46. The summed E-state index contributed by atoms with van der Waals surface area (Å²) in [5, 5.41) is 22.8. The van der Waals surface area contributed by atoms with Gasteiger partial charge in [-0.3, -0.25) is 4.72 Å². The fourth-order valence-corrected chi connectivity index (χ4v) is 6.82. The zero-order chi connectivity index (χ0) is 37.7. The molecule has 3 N–H and O–H groups in total. The van der Waals surface area contributed by atoms with E-state index in [1.54, 1.807) is 17.1 Å². The lowest BCUT2D eigenvalue weighted by Crippen LogP contribution is -2.30. The average molecular weight is 786 g/mol. The van der Waals surface area contributed by atoms with Gasteiger partial charge < -0.3 is 20.1 Å². The van der Waals surface area contributed by atoms with Crippen molar-refractivity contribution in [3.05, 3.63) is 53.5 Å². The lowest BCUT2D eigenvalue weighted by atomic mass is 9.98. The topological polar surface area (TPSA) is 204 Å². The van der Waals surface area contributed by atoms with E-state index in [0.717, 1.165) is 80.5 Å². The molecule has 2 heterocycles. The number of nitrogens with two attached hydrogens (primary N) is 1. The first-order valence-corrected chi connectivity index (χ1v) is 19.4. The second kappa shape index (κ2) is 18.8. The monoisotopic (exact) mass is 785 g/mol. The fourth-order valence-electron chi connectivity index (χ4n) is 5.21. The molecule has 21 heteroatoms. The molecule has 15 nitrogen and oxygen atoms in total. The van der Waals surface area contributed by atoms with Crippen LogP contribution in [0.5, 0.6) is 0 Å². The lowest BCUT2D eigenvalue weighted by Gasteiger charge is -2.23. The third-order valence-electron chi connectivity index (χ3n) is 7.69. The number of hydrogen-bond acceptors (Lipinski definition) is 16. The fraction of sp³-hybridized carbons (Fsp3) is 0.484. The van der Waals surface area contributed by atoms with E-state index < -0.39 is 33.2 Å². The normalized spacial score (nSPS) is 15.7. The molecule has 0 radical (unpaired) electrons. The van der Waals surface area contributed by atoms with Gasteiger partial charge in [0.25, 0.3) is 5.13 Å². The molecule has 0 unspecified atom stereocenters. The van der Waals surface area contributed by atoms with Crippen molar-refractivity contribution < 1.29 is 40.7 Å². The molecule has 2 saturated carbocycles. The summed E-state index contributed by atoms with van der Waals surface area (Å²) in [5.74, 6) is -1.03. The average Bonchev–Trinajstić information content (AvgIpc) is 3.78. The van der Waals surface area contributed by atoms with E-state index in [2.05, 4.69) is 43.8 Å². The maximum Gasteiger partial charge on any atom is 0.516 e. The molecule has 0 atom stereocenters. The minimum Gasteiger partial charge on any atom is -0.457 e. The van der Waals surface area contributed by atoms with E-state index in [1.807, 2.05) is 0 Å². The van der Waals surface area contributed by atoms with Gasteiger partial charge in [-0.05, 0) is 69.6 Å². The molecule has 0 amide bonds. The van der Waals surface area contributed by atoms with Crippen molar-refractivity contribution in [2.45, 2.75) is 81.9 Å². The van der Waals surface area contributed by atoms with Crippen LogP contribution in [0.15, 0.2) is 53.7 Å². The van der Waals surface area contributed by atoms with E-state index in [1.165, 1.54) is 29.3 Å². The van der Waals surface area contributed by atoms with Gasteiger partial charge in [0.1, 0.15) is 17.9 Å². The molecule has 2 aromatic heterocycles. The maximum atomic E-state index is 13.0. The van der Waals surface area contributed by atoms with Gasteiger partial charge in [0, 0.05) is 18.8 Å². The number of nitrogens with zero attached hydrogens (tertiary/aromatic N) is 7. The summed E-state index contributed by atoms with van der Waals surface area (Å²) in [5.41, 5.74) is -0.445. The maximum absolute atomic E-state index is 13.0. The molecule has 0 aliphatic heterocycles. The molecule has 3 aromatic rings. The van der Waals surface area contributed by atoms with E-state index in [-0.39, 0.29) is 33.0 Å². The summed E-state index contributed by atoms with van der Waals surface area (Å²) in [6.45, 7) is 7.92. The number of halogens is 3. The predicted molar refractivity (Wildman–Crippen MR) is 191 cm³/mol. The summed E-state index contributed by atoms with van der Waals surface area (Å²) >= 11 is 1.85. The number of alkyl halides is 3. The number of azo groups is 1. The number of esters is 2. The van der Waals surface area contributed by atoms with Gasteiger partial charge in [-0.2, -0.15) is 21.6 Å². The number of benzene rings is 1. The Kier molecular flexibility index (Phi) is 14.6. The van der Waals surface area contributed by atoms with E-state index in [9.17, 15) is 31.2 Å². The Bertz CT molecular complexity index is 1810. The summed E-state index contributed by atoms with van der Waals surface area (Å²) in [6, 6.07) is 4.02. The second-order valence-electron chi connectivity index (χ2n) is 11.6. The number of sulfonamides is 1. The third kappa shape index (κ3) is 11.8. The predicted octanol–water partition coefficient (Wildman–Crippen LogP) is 7.49. The minimum absolute atomic E-state index is 0.0441. The van der Waals surface area contributed by atoms with Gasteiger partial charge in [0.2, 0.25) is 15.1 Å². The van der Waals surface area contributed by atoms with E-state index in [0.29, 0.717) is 23.9 Å². The third-order valence-corrected chi connectivity index (χ3v) is 10.3. The van der Waals surface area contributed by atoms with Gasteiger partial charge in [0.15, 0.2) is 0 Å². The van der Waals surface area contributed by atoms with E-state index >= 15 is 0 Å². The molecule has 5 rings (SSSR count). The van der Waals surface area contributed by atoms with Gasteiger partial charge in [-0.15, -0.1) is 43.8 Å². The molecular weight excluding hydrogens is 748 g/mol. The minimum atomic E-state index is -5.74. The molecule has 0 spiro atoms. The van der Waals surface area contributed by atoms with Crippen LogP contribution in [0.2, 0.25) is 0 Å². The quantitative estimate of drug-likeness (QED) is 0.0983. The number of anilines is 3. The van der Waals surface area contributed by atoms with Crippen LogP contribution in [-0.4, -0.2) is 71.6 Å². The Morgan fingerprint density at radius 1 is 0.885 bits per heavy atom. The Balaban J connectivity index is 0.000000334. The second-order valence-corrected chi connectivity index (χ2v) is 15.2. The van der Waals surface area contributed by atoms with Crippen LogP contribution in [-0.2, 0) is 19.5 Å². The Labute approximate surface area is 306 Å². The van der Waals surface area contributed by atoms with Gasteiger partial charge in [-0.1, -0.05) is 47.7 Å². The van der Waals surface area contributed by atoms with Crippen LogP contribution in [0.4, 0.5) is 40.5 Å². The van der Waals surface area contributed by atoms with Crippen molar-refractivity contribution in [1.29, 1.82) is 0 Å². The Morgan fingerprint density at radius 3 is 1.92 bits per heavy atom. The number of hydrogen-bond donors (Lipinski definition) is 2. The lowest BCUT2D eigenvalue weighted by molar-refractivity contribution is -0.0429. The van der Waals surface area contributed by atoms with Crippen molar-refractivity contribution in [1.82, 2.24) is 20.4 Å². The Morgan fingerprint density at radius 2 is 1.42 bits per heavy atom. The standard InChI is InChI=1S/C22H25F3N6O4S2.C9H13N3O2S/c1-3-12-31(13-4-2)15-10-11-17(18(14-15)30-37(33,34)22(23,24)25)26-28-21-29-27-19(36-21)20(32)35-16-8-6-5-7-9-16;10-9-12-11-7(15-9)8(13)14-6-4-2-1-3-5-6/h3-4,10-11,14,16,30H,1-2,5-9,12-13H2;6H,1-5H2,(H2,10,12). The zero-order valence-corrected chi connectivity index (χ0v) is 30.4.